The Morgan fingerprint density at radius 3 is 2.41 bits per heavy atom. The molecular weight excluding hydrogens is 230 g/mol. The fourth-order valence-electron chi connectivity index (χ4n) is 1.85. The molecule has 0 fully saturated rings. The van der Waals surface area contributed by atoms with E-state index in [9.17, 15) is 0 Å². The van der Waals surface area contributed by atoms with E-state index in [1.807, 2.05) is 20.3 Å². The normalized spacial score (nSPS) is 10.5. The summed E-state index contributed by atoms with van der Waals surface area (Å²) in [5.41, 5.74) is 3.50. The topological polar surface area (TPSA) is 24.0 Å². The monoisotopic (exact) mass is 247 g/mol. The van der Waals surface area contributed by atoms with Gasteiger partial charge >= 0.3 is 0 Å². The molecule has 2 rings (SSSR count). The van der Waals surface area contributed by atoms with Gasteiger partial charge in [0.15, 0.2) is 4.77 Å². The van der Waals surface area contributed by atoms with Gasteiger partial charge in [-0.05, 0) is 42.9 Å². The minimum absolute atomic E-state index is 0.749. The summed E-state index contributed by atoms with van der Waals surface area (Å²) < 4.78 is 2.83. The minimum Gasteiger partial charge on any atom is -0.378 e. The van der Waals surface area contributed by atoms with Crippen LogP contribution in [-0.2, 0) is 6.42 Å². The van der Waals surface area contributed by atoms with Gasteiger partial charge in [0.05, 0.1) is 0 Å². The SMILES string of the molecule is CCc1c[nH]c(=S)n1-c1ccc(N(C)C)cc1. The molecule has 17 heavy (non-hydrogen) atoms. The zero-order chi connectivity index (χ0) is 12.4. The number of benzene rings is 1. The standard InChI is InChI=1S/C13H17N3S/c1-4-10-9-14-13(17)16(10)12-7-5-11(6-8-12)15(2)3/h5-9H,4H2,1-3H3,(H,14,17). The van der Waals surface area contributed by atoms with E-state index in [2.05, 4.69) is 45.6 Å². The number of aromatic nitrogens is 2. The van der Waals surface area contributed by atoms with Crippen LogP contribution in [0.5, 0.6) is 0 Å². The molecule has 0 amide bonds. The molecule has 3 nitrogen and oxygen atoms in total. The lowest BCUT2D eigenvalue weighted by molar-refractivity contribution is 0.921. The number of nitrogens with zero attached hydrogens (tertiary/aromatic N) is 2. The third-order valence-corrected chi connectivity index (χ3v) is 3.14. The number of H-pyrrole nitrogens is 1. The number of rotatable bonds is 3. The average Bonchev–Trinajstić information content (AvgIpc) is 2.70. The van der Waals surface area contributed by atoms with Crippen molar-refractivity contribution >= 4 is 17.9 Å². The number of imidazole rings is 1. The molecule has 2 aromatic rings. The molecule has 0 radical (unpaired) electrons. The van der Waals surface area contributed by atoms with Crippen molar-refractivity contribution in [2.45, 2.75) is 13.3 Å². The summed E-state index contributed by atoms with van der Waals surface area (Å²) in [6.07, 6.45) is 2.94. The molecule has 0 spiro atoms. The van der Waals surface area contributed by atoms with E-state index in [0.29, 0.717) is 0 Å². The number of nitrogens with one attached hydrogen (secondary N) is 1. The maximum atomic E-state index is 5.30. The van der Waals surface area contributed by atoms with E-state index < -0.39 is 0 Å². The highest BCUT2D eigenvalue weighted by Crippen LogP contribution is 2.17. The molecule has 4 heteroatoms. The van der Waals surface area contributed by atoms with E-state index in [4.69, 9.17) is 12.2 Å². The Hall–Kier alpha value is -1.55. The summed E-state index contributed by atoms with van der Waals surface area (Å²) >= 11 is 5.30. The van der Waals surface area contributed by atoms with Crippen LogP contribution in [0.4, 0.5) is 5.69 Å². The Labute approximate surface area is 107 Å². The van der Waals surface area contributed by atoms with Crippen molar-refractivity contribution in [1.29, 1.82) is 0 Å². The van der Waals surface area contributed by atoms with Crippen molar-refractivity contribution in [1.82, 2.24) is 9.55 Å². The van der Waals surface area contributed by atoms with Gasteiger partial charge in [-0.15, -0.1) is 0 Å². The molecule has 0 saturated carbocycles. The summed E-state index contributed by atoms with van der Waals surface area (Å²) in [5.74, 6) is 0. The third kappa shape index (κ3) is 2.26. The largest absolute Gasteiger partial charge is 0.378 e. The third-order valence-electron chi connectivity index (χ3n) is 2.84. The second-order valence-electron chi connectivity index (χ2n) is 4.18. The molecule has 1 aromatic carbocycles. The maximum Gasteiger partial charge on any atom is 0.182 e. The predicted octanol–water partition coefficient (Wildman–Crippen LogP) is 3.16. The number of anilines is 1. The molecule has 0 aliphatic carbocycles. The quantitative estimate of drug-likeness (QED) is 0.842. The number of hydrogen-bond donors (Lipinski definition) is 1. The van der Waals surface area contributed by atoms with Gasteiger partial charge in [0.25, 0.3) is 0 Å². The highest BCUT2D eigenvalue weighted by molar-refractivity contribution is 7.71. The van der Waals surface area contributed by atoms with Gasteiger partial charge in [-0.3, -0.25) is 4.57 Å². The highest BCUT2D eigenvalue weighted by atomic mass is 32.1. The maximum absolute atomic E-state index is 5.30. The van der Waals surface area contributed by atoms with E-state index in [1.165, 1.54) is 11.4 Å². The van der Waals surface area contributed by atoms with Gasteiger partial charge in [-0.25, -0.2) is 0 Å². The van der Waals surface area contributed by atoms with Gasteiger partial charge in [0.1, 0.15) is 0 Å². The highest BCUT2D eigenvalue weighted by Gasteiger charge is 2.04. The summed E-state index contributed by atoms with van der Waals surface area (Å²) in [6, 6.07) is 8.39. The predicted molar refractivity (Wildman–Crippen MR) is 74.7 cm³/mol. The van der Waals surface area contributed by atoms with Crippen molar-refractivity contribution < 1.29 is 0 Å². The van der Waals surface area contributed by atoms with Crippen molar-refractivity contribution in [3.8, 4) is 5.69 Å². The molecule has 0 aliphatic rings. The zero-order valence-electron chi connectivity index (χ0n) is 10.4. The second-order valence-corrected chi connectivity index (χ2v) is 4.57. The summed E-state index contributed by atoms with van der Waals surface area (Å²) in [5, 5.41) is 0. The Morgan fingerprint density at radius 1 is 1.24 bits per heavy atom. The van der Waals surface area contributed by atoms with E-state index >= 15 is 0 Å². The van der Waals surface area contributed by atoms with E-state index in [0.717, 1.165) is 16.9 Å². The minimum atomic E-state index is 0.749. The molecule has 90 valence electrons. The molecule has 0 unspecified atom stereocenters. The first-order valence-corrected chi connectivity index (χ1v) is 6.11. The molecule has 1 heterocycles. The zero-order valence-corrected chi connectivity index (χ0v) is 11.2. The van der Waals surface area contributed by atoms with Crippen molar-refractivity contribution in [2.24, 2.45) is 0 Å². The van der Waals surface area contributed by atoms with Crippen LogP contribution in [0.3, 0.4) is 0 Å². The van der Waals surface area contributed by atoms with Gasteiger partial charge in [0, 0.05) is 37.4 Å². The Balaban J connectivity index is 2.46. The molecule has 0 bridgehead atoms. The van der Waals surface area contributed by atoms with Gasteiger partial charge < -0.3 is 9.88 Å². The molecule has 0 atom stereocenters. The van der Waals surface area contributed by atoms with Crippen molar-refractivity contribution in [3.63, 3.8) is 0 Å². The summed E-state index contributed by atoms with van der Waals surface area (Å²) in [6.45, 7) is 2.13. The lowest BCUT2D eigenvalue weighted by atomic mass is 10.2. The molecule has 1 N–H and O–H groups in total. The molecule has 1 aromatic heterocycles. The fraction of sp³-hybridized carbons (Fsp3) is 0.308. The van der Waals surface area contributed by atoms with Crippen LogP contribution in [0.25, 0.3) is 5.69 Å². The van der Waals surface area contributed by atoms with Gasteiger partial charge in [0.2, 0.25) is 0 Å². The second kappa shape index (κ2) is 4.75. The number of aromatic amines is 1. The lowest BCUT2D eigenvalue weighted by Crippen LogP contribution is -2.08. The molecule has 0 saturated heterocycles. The van der Waals surface area contributed by atoms with Gasteiger partial charge in [-0.1, -0.05) is 6.92 Å². The van der Waals surface area contributed by atoms with E-state index in [1.54, 1.807) is 0 Å². The first-order chi connectivity index (χ1) is 8.13. The first kappa shape index (κ1) is 11.9. The Kier molecular flexibility index (Phi) is 3.33. The smallest absolute Gasteiger partial charge is 0.182 e. The van der Waals surface area contributed by atoms with Crippen LogP contribution in [-0.4, -0.2) is 23.6 Å². The average molecular weight is 247 g/mol. The van der Waals surface area contributed by atoms with E-state index in [-0.39, 0.29) is 0 Å². The summed E-state index contributed by atoms with van der Waals surface area (Å²) in [7, 11) is 4.07. The summed E-state index contributed by atoms with van der Waals surface area (Å²) in [4.78, 5) is 5.18. The lowest BCUT2D eigenvalue weighted by Gasteiger charge is -2.13. The van der Waals surface area contributed by atoms with Crippen LogP contribution in [0.1, 0.15) is 12.6 Å². The fourth-order valence-corrected chi connectivity index (χ4v) is 2.13. The van der Waals surface area contributed by atoms with Crippen LogP contribution in [0.15, 0.2) is 30.5 Å². The molecule has 0 aliphatic heterocycles. The van der Waals surface area contributed by atoms with Crippen molar-refractivity contribution in [2.75, 3.05) is 19.0 Å². The first-order valence-electron chi connectivity index (χ1n) is 5.70. The Morgan fingerprint density at radius 2 is 1.88 bits per heavy atom. The number of hydrogen-bond acceptors (Lipinski definition) is 2. The molecular formula is C13H17N3S. The van der Waals surface area contributed by atoms with Crippen molar-refractivity contribution in [3.05, 3.63) is 40.9 Å². The van der Waals surface area contributed by atoms with Gasteiger partial charge in [-0.2, -0.15) is 0 Å². The van der Waals surface area contributed by atoms with Crippen LogP contribution in [0.2, 0.25) is 0 Å². The van der Waals surface area contributed by atoms with Crippen LogP contribution < -0.4 is 4.90 Å². The number of aryl methyl sites for hydroxylation is 1. The van der Waals surface area contributed by atoms with Crippen LogP contribution >= 0.6 is 12.2 Å². The van der Waals surface area contributed by atoms with Crippen LogP contribution in [0, 0.1) is 4.77 Å². The Bertz CT molecular complexity index is 549.